The SMILES string of the molecule is CSC(=S)/C=C(\O)c1ccco1. The van der Waals surface area contributed by atoms with Crippen LogP contribution in [0.25, 0.3) is 5.76 Å². The number of furan rings is 1. The Hall–Kier alpha value is -0.740. The summed E-state index contributed by atoms with van der Waals surface area (Å²) in [4.78, 5) is 0. The van der Waals surface area contributed by atoms with Crippen LogP contribution in [0.3, 0.4) is 0 Å². The fourth-order valence-corrected chi connectivity index (χ4v) is 1.01. The summed E-state index contributed by atoms with van der Waals surface area (Å²) >= 11 is 6.29. The highest BCUT2D eigenvalue weighted by molar-refractivity contribution is 8.23. The molecule has 0 saturated carbocycles. The zero-order chi connectivity index (χ0) is 8.97. The summed E-state index contributed by atoms with van der Waals surface area (Å²) in [5.41, 5.74) is 0. The number of thiocarbonyl (C=S) groups is 1. The van der Waals surface area contributed by atoms with Crippen molar-refractivity contribution < 1.29 is 9.52 Å². The van der Waals surface area contributed by atoms with Crippen LogP contribution in [-0.2, 0) is 0 Å². The van der Waals surface area contributed by atoms with E-state index < -0.39 is 0 Å². The summed E-state index contributed by atoms with van der Waals surface area (Å²) in [6.45, 7) is 0. The van der Waals surface area contributed by atoms with Gasteiger partial charge in [-0.05, 0) is 18.4 Å². The molecule has 64 valence electrons. The van der Waals surface area contributed by atoms with Crippen LogP contribution in [0.15, 0.2) is 28.9 Å². The minimum absolute atomic E-state index is 0.0688. The summed E-state index contributed by atoms with van der Waals surface area (Å²) in [5.74, 6) is 0.505. The zero-order valence-corrected chi connectivity index (χ0v) is 8.11. The van der Waals surface area contributed by atoms with E-state index >= 15 is 0 Å². The second-order valence-electron chi connectivity index (χ2n) is 2.03. The first-order chi connectivity index (χ1) is 5.74. The zero-order valence-electron chi connectivity index (χ0n) is 6.48. The highest BCUT2D eigenvalue weighted by Gasteiger charge is 2.01. The van der Waals surface area contributed by atoms with Gasteiger partial charge in [0.25, 0.3) is 0 Å². The largest absolute Gasteiger partial charge is 0.504 e. The fraction of sp³-hybridized carbons (Fsp3) is 0.125. The number of aliphatic hydroxyl groups excluding tert-OH is 1. The summed E-state index contributed by atoms with van der Waals surface area (Å²) in [7, 11) is 0. The van der Waals surface area contributed by atoms with Gasteiger partial charge in [0, 0.05) is 6.08 Å². The first-order valence-electron chi connectivity index (χ1n) is 3.26. The molecule has 2 nitrogen and oxygen atoms in total. The first kappa shape index (κ1) is 9.35. The molecule has 1 heterocycles. The van der Waals surface area contributed by atoms with Crippen LogP contribution in [0.1, 0.15) is 5.76 Å². The highest BCUT2D eigenvalue weighted by Crippen LogP contribution is 2.13. The lowest BCUT2D eigenvalue weighted by molar-refractivity contribution is 0.460. The van der Waals surface area contributed by atoms with Crippen LogP contribution >= 0.6 is 24.0 Å². The first-order valence-corrected chi connectivity index (χ1v) is 4.90. The van der Waals surface area contributed by atoms with Crippen molar-refractivity contribution in [3.8, 4) is 0 Å². The van der Waals surface area contributed by atoms with Crippen molar-refractivity contribution in [3.05, 3.63) is 30.2 Å². The summed E-state index contributed by atoms with van der Waals surface area (Å²) in [5, 5.41) is 9.38. The molecule has 1 aromatic rings. The van der Waals surface area contributed by atoms with Crippen molar-refractivity contribution in [1.29, 1.82) is 0 Å². The summed E-state index contributed by atoms with van der Waals surface area (Å²) in [6.07, 6.45) is 4.86. The predicted octanol–water partition coefficient (Wildman–Crippen LogP) is 2.87. The van der Waals surface area contributed by atoms with Crippen molar-refractivity contribution in [1.82, 2.24) is 0 Å². The summed E-state index contributed by atoms with van der Waals surface area (Å²) < 4.78 is 5.58. The van der Waals surface area contributed by atoms with Gasteiger partial charge in [0.1, 0.15) is 0 Å². The molecule has 0 amide bonds. The number of hydrogen-bond donors (Lipinski definition) is 1. The molecular weight excluding hydrogens is 192 g/mol. The van der Waals surface area contributed by atoms with Crippen LogP contribution in [-0.4, -0.2) is 15.6 Å². The quantitative estimate of drug-likeness (QED) is 0.452. The van der Waals surface area contributed by atoms with Gasteiger partial charge in [0.05, 0.1) is 10.5 Å². The van der Waals surface area contributed by atoms with Gasteiger partial charge >= 0.3 is 0 Å². The Morgan fingerprint density at radius 2 is 2.50 bits per heavy atom. The van der Waals surface area contributed by atoms with E-state index in [1.807, 2.05) is 6.26 Å². The lowest BCUT2D eigenvalue weighted by Crippen LogP contribution is -1.84. The van der Waals surface area contributed by atoms with Crippen molar-refractivity contribution in [3.63, 3.8) is 0 Å². The van der Waals surface area contributed by atoms with Gasteiger partial charge in [0.15, 0.2) is 11.5 Å². The molecule has 0 radical (unpaired) electrons. The average Bonchev–Trinajstić information content (AvgIpc) is 2.56. The minimum atomic E-state index is 0.0688. The number of aliphatic hydroxyl groups is 1. The third-order valence-electron chi connectivity index (χ3n) is 1.23. The van der Waals surface area contributed by atoms with Crippen molar-refractivity contribution in [2.75, 3.05) is 6.26 Å². The number of thioether (sulfide) groups is 1. The Morgan fingerprint density at radius 3 is 3.00 bits per heavy atom. The molecule has 1 aromatic heterocycles. The molecule has 0 aliphatic heterocycles. The topological polar surface area (TPSA) is 33.4 Å². The lowest BCUT2D eigenvalue weighted by atomic mass is 10.3. The molecule has 1 rings (SSSR count). The van der Waals surface area contributed by atoms with Gasteiger partial charge in [-0.15, -0.1) is 11.8 Å². The molecule has 0 aromatic carbocycles. The maximum absolute atomic E-state index is 9.38. The van der Waals surface area contributed by atoms with E-state index in [9.17, 15) is 5.11 Å². The van der Waals surface area contributed by atoms with Gasteiger partial charge in [-0.2, -0.15) is 0 Å². The van der Waals surface area contributed by atoms with E-state index in [4.69, 9.17) is 16.6 Å². The van der Waals surface area contributed by atoms with E-state index in [1.54, 1.807) is 12.1 Å². The van der Waals surface area contributed by atoms with Crippen LogP contribution in [0.4, 0.5) is 0 Å². The molecular formula is C8H8O2S2. The molecule has 12 heavy (non-hydrogen) atoms. The third kappa shape index (κ3) is 2.39. The molecule has 0 aliphatic carbocycles. The second-order valence-corrected chi connectivity index (χ2v) is 3.58. The Labute approximate surface area is 80.3 Å². The highest BCUT2D eigenvalue weighted by atomic mass is 32.2. The summed E-state index contributed by atoms with van der Waals surface area (Å²) in [6, 6.07) is 3.39. The molecule has 1 N–H and O–H groups in total. The Bertz CT molecular complexity index is 288. The van der Waals surface area contributed by atoms with E-state index in [-0.39, 0.29) is 5.76 Å². The molecule has 0 saturated heterocycles. The third-order valence-corrected chi connectivity index (χ3v) is 2.37. The molecule has 0 fully saturated rings. The van der Waals surface area contributed by atoms with Crippen molar-refractivity contribution in [2.24, 2.45) is 0 Å². The molecule has 0 aliphatic rings. The Kier molecular flexibility index (Phi) is 3.37. The normalized spacial score (nSPS) is 11.6. The van der Waals surface area contributed by atoms with E-state index in [0.29, 0.717) is 9.96 Å². The van der Waals surface area contributed by atoms with E-state index in [2.05, 4.69) is 0 Å². The van der Waals surface area contributed by atoms with Gasteiger partial charge < -0.3 is 9.52 Å². The minimum Gasteiger partial charge on any atom is -0.504 e. The smallest absolute Gasteiger partial charge is 0.168 e. The maximum atomic E-state index is 9.38. The van der Waals surface area contributed by atoms with Crippen LogP contribution < -0.4 is 0 Å². The Balaban J connectivity index is 2.77. The number of rotatable bonds is 2. The molecule has 4 heteroatoms. The molecule has 0 bridgehead atoms. The maximum Gasteiger partial charge on any atom is 0.168 e. The van der Waals surface area contributed by atoms with Crippen molar-refractivity contribution in [2.45, 2.75) is 0 Å². The van der Waals surface area contributed by atoms with Gasteiger partial charge in [-0.1, -0.05) is 12.2 Å². The van der Waals surface area contributed by atoms with E-state index in [0.717, 1.165) is 0 Å². The van der Waals surface area contributed by atoms with Crippen LogP contribution in [0.2, 0.25) is 0 Å². The predicted molar refractivity (Wildman–Crippen MR) is 55.4 cm³/mol. The second kappa shape index (κ2) is 4.33. The Morgan fingerprint density at radius 1 is 1.75 bits per heavy atom. The van der Waals surface area contributed by atoms with Crippen molar-refractivity contribution >= 4 is 33.9 Å². The number of hydrogen-bond acceptors (Lipinski definition) is 4. The van der Waals surface area contributed by atoms with Gasteiger partial charge in [-0.25, -0.2) is 0 Å². The average molecular weight is 200 g/mol. The monoisotopic (exact) mass is 200 g/mol. The molecule has 0 spiro atoms. The van der Waals surface area contributed by atoms with Gasteiger partial charge in [-0.3, -0.25) is 0 Å². The van der Waals surface area contributed by atoms with E-state index in [1.165, 1.54) is 24.1 Å². The standard InChI is InChI=1S/C8H8O2S2/c1-12-8(11)5-6(9)7-3-2-4-10-7/h2-5,9H,1H3/b6-5-. The van der Waals surface area contributed by atoms with Crippen LogP contribution in [0.5, 0.6) is 0 Å². The van der Waals surface area contributed by atoms with Crippen LogP contribution in [0, 0.1) is 0 Å². The fourth-order valence-electron chi connectivity index (χ4n) is 0.666. The lowest BCUT2D eigenvalue weighted by Gasteiger charge is -1.94. The van der Waals surface area contributed by atoms with Gasteiger partial charge in [0.2, 0.25) is 0 Å². The molecule has 0 unspecified atom stereocenters. The molecule has 0 atom stereocenters.